The maximum Gasteiger partial charge on any atom is 0.0711 e. The summed E-state index contributed by atoms with van der Waals surface area (Å²) in [6.45, 7) is 7.65. The first-order valence-electron chi connectivity index (χ1n) is 4.88. The van der Waals surface area contributed by atoms with Crippen molar-refractivity contribution in [1.82, 2.24) is 9.80 Å². The van der Waals surface area contributed by atoms with Crippen LogP contribution in [0.5, 0.6) is 0 Å². The molecule has 4 saturated heterocycles. The van der Waals surface area contributed by atoms with E-state index in [9.17, 15) is 0 Å². The predicted octanol–water partition coefficient (Wildman–Crippen LogP) is 0.0414. The van der Waals surface area contributed by atoms with E-state index in [2.05, 4.69) is 21.9 Å². The first-order chi connectivity index (χ1) is 6.21. The van der Waals surface area contributed by atoms with Gasteiger partial charge in [0.2, 0.25) is 0 Å². The Morgan fingerprint density at radius 1 is 1.38 bits per heavy atom. The normalized spacial score (nSPS) is 56.1. The van der Waals surface area contributed by atoms with Crippen LogP contribution in [0.15, 0.2) is 5.16 Å². The van der Waals surface area contributed by atoms with Crippen LogP contribution >= 0.6 is 0 Å². The van der Waals surface area contributed by atoms with E-state index in [1.165, 1.54) is 0 Å². The Hall–Kier alpha value is -0.610. The molecule has 4 nitrogen and oxygen atoms in total. The number of nitrogens with zero attached hydrogens (tertiary/aromatic N) is 3. The monoisotopic (exact) mass is 181 g/mol. The first kappa shape index (κ1) is 7.76. The van der Waals surface area contributed by atoms with Crippen molar-refractivity contribution in [3.63, 3.8) is 0 Å². The molecule has 4 rings (SSSR count). The molecule has 1 N–H and O–H groups in total. The largest absolute Gasteiger partial charge is 0.411 e. The molecule has 0 aromatic rings. The molecule has 4 fully saturated rings. The summed E-state index contributed by atoms with van der Waals surface area (Å²) in [5.74, 6) is 0.478. The zero-order chi connectivity index (χ0) is 9.05. The molecule has 4 aliphatic rings. The Labute approximate surface area is 77.8 Å². The zero-order valence-electron chi connectivity index (χ0n) is 7.90. The maximum atomic E-state index is 9.01. The van der Waals surface area contributed by atoms with Crippen LogP contribution in [-0.4, -0.2) is 53.6 Å². The summed E-state index contributed by atoms with van der Waals surface area (Å²) in [6, 6.07) is 0. The van der Waals surface area contributed by atoms with Crippen LogP contribution in [0.2, 0.25) is 0 Å². The van der Waals surface area contributed by atoms with Gasteiger partial charge in [-0.25, -0.2) is 0 Å². The lowest BCUT2D eigenvalue weighted by Crippen LogP contribution is -2.70. The highest BCUT2D eigenvalue weighted by Crippen LogP contribution is 2.39. The van der Waals surface area contributed by atoms with Gasteiger partial charge in [-0.05, 0) is 0 Å². The van der Waals surface area contributed by atoms with Crippen molar-refractivity contribution in [2.24, 2.45) is 16.5 Å². The van der Waals surface area contributed by atoms with Crippen LogP contribution in [0, 0.1) is 11.3 Å². The predicted molar refractivity (Wildman–Crippen MR) is 48.8 cm³/mol. The second kappa shape index (κ2) is 2.25. The molecule has 0 radical (unpaired) electrons. The van der Waals surface area contributed by atoms with Gasteiger partial charge in [0, 0.05) is 37.5 Å². The Balaban J connectivity index is 2.03. The Morgan fingerprint density at radius 3 is 2.46 bits per heavy atom. The molecule has 4 heteroatoms. The molecule has 0 spiro atoms. The van der Waals surface area contributed by atoms with Gasteiger partial charge < -0.3 is 5.21 Å². The van der Waals surface area contributed by atoms with E-state index < -0.39 is 0 Å². The number of oxime groups is 1. The molecule has 4 aliphatic heterocycles. The molecule has 0 saturated carbocycles. The van der Waals surface area contributed by atoms with Gasteiger partial charge in [0.25, 0.3) is 0 Å². The van der Waals surface area contributed by atoms with Gasteiger partial charge in [0.1, 0.15) is 0 Å². The average Bonchev–Trinajstić information content (AvgIpc) is 2.00. The van der Waals surface area contributed by atoms with Gasteiger partial charge in [-0.2, -0.15) is 0 Å². The lowest BCUT2D eigenvalue weighted by Gasteiger charge is -2.58. The highest BCUT2D eigenvalue weighted by atomic mass is 16.4. The summed E-state index contributed by atoms with van der Waals surface area (Å²) in [7, 11) is 0. The fourth-order valence-corrected chi connectivity index (χ4v) is 3.38. The summed E-state index contributed by atoms with van der Waals surface area (Å²) >= 11 is 0. The van der Waals surface area contributed by atoms with Crippen LogP contribution < -0.4 is 0 Å². The molecule has 0 aromatic heterocycles. The van der Waals surface area contributed by atoms with E-state index in [0.717, 1.165) is 38.6 Å². The van der Waals surface area contributed by atoms with E-state index in [-0.39, 0.29) is 5.41 Å². The van der Waals surface area contributed by atoms with Crippen molar-refractivity contribution in [1.29, 1.82) is 0 Å². The van der Waals surface area contributed by atoms with Crippen molar-refractivity contribution in [3.8, 4) is 0 Å². The van der Waals surface area contributed by atoms with Crippen LogP contribution in [0.1, 0.15) is 6.92 Å². The van der Waals surface area contributed by atoms with E-state index in [4.69, 9.17) is 5.21 Å². The van der Waals surface area contributed by atoms with Gasteiger partial charge in [-0.3, -0.25) is 9.80 Å². The van der Waals surface area contributed by atoms with Crippen molar-refractivity contribution < 1.29 is 5.21 Å². The Bertz CT molecular complexity index is 262. The molecule has 0 aliphatic carbocycles. The van der Waals surface area contributed by atoms with E-state index >= 15 is 0 Å². The third-order valence-electron chi connectivity index (χ3n) is 3.62. The lowest BCUT2D eigenvalue weighted by atomic mass is 9.70. The fourth-order valence-electron chi connectivity index (χ4n) is 3.38. The van der Waals surface area contributed by atoms with Crippen molar-refractivity contribution in [2.75, 3.05) is 32.8 Å². The van der Waals surface area contributed by atoms with E-state index in [1.807, 2.05) is 0 Å². The van der Waals surface area contributed by atoms with Gasteiger partial charge >= 0.3 is 0 Å². The van der Waals surface area contributed by atoms with Gasteiger partial charge in [-0.1, -0.05) is 12.1 Å². The molecule has 4 heterocycles. The molecule has 0 amide bonds. The summed E-state index contributed by atoms with van der Waals surface area (Å²) in [6.07, 6.45) is 0. The second-order valence-electron chi connectivity index (χ2n) is 4.91. The molecule has 13 heavy (non-hydrogen) atoms. The van der Waals surface area contributed by atoms with Crippen LogP contribution in [0.4, 0.5) is 0 Å². The molecule has 4 bridgehead atoms. The first-order valence-corrected chi connectivity index (χ1v) is 4.88. The summed E-state index contributed by atoms with van der Waals surface area (Å²) in [5.41, 5.74) is 1.16. The van der Waals surface area contributed by atoms with Gasteiger partial charge in [-0.15, -0.1) is 0 Å². The minimum absolute atomic E-state index is 0.119. The SMILES string of the molecule is CC12CN3CC(CN(C3)C1)C2=NO. The maximum absolute atomic E-state index is 9.01. The molecular weight excluding hydrogens is 166 g/mol. The second-order valence-corrected chi connectivity index (χ2v) is 4.91. The highest BCUT2D eigenvalue weighted by Gasteiger charge is 2.51. The van der Waals surface area contributed by atoms with Gasteiger partial charge in [0.15, 0.2) is 0 Å². The minimum Gasteiger partial charge on any atom is -0.411 e. The molecule has 72 valence electrons. The summed E-state index contributed by atoms with van der Waals surface area (Å²) < 4.78 is 0. The molecular formula is C9H15N3O. The zero-order valence-corrected chi connectivity index (χ0v) is 7.90. The topological polar surface area (TPSA) is 39.1 Å². The van der Waals surface area contributed by atoms with Crippen molar-refractivity contribution in [2.45, 2.75) is 6.92 Å². The van der Waals surface area contributed by atoms with E-state index in [0.29, 0.717) is 5.92 Å². The highest BCUT2D eigenvalue weighted by molar-refractivity contribution is 5.94. The minimum atomic E-state index is 0.119. The smallest absolute Gasteiger partial charge is 0.0711 e. The summed E-state index contributed by atoms with van der Waals surface area (Å²) in [5, 5.41) is 12.5. The average molecular weight is 181 g/mol. The summed E-state index contributed by atoms with van der Waals surface area (Å²) in [4.78, 5) is 4.93. The number of rotatable bonds is 0. The van der Waals surface area contributed by atoms with Crippen molar-refractivity contribution in [3.05, 3.63) is 0 Å². The van der Waals surface area contributed by atoms with Crippen molar-refractivity contribution >= 4 is 5.71 Å². The molecule has 2 unspecified atom stereocenters. The third kappa shape index (κ3) is 0.901. The number of piperidine rings is 2. The Kier molecular flexibility index (Phi) is 1.34. The van der Waals surface area contributed by atoms with E-state index in [1.54, 1.807) is 0 Å². The quantitative estimate of drug-likeness (QED) is 0.423. The third-order valence-corrected chi connectivity index (χ3v) is 3.62. The van der Waals surface area contributed by atoms with Crippen LogP contribution in [0.3, 0.4) is 0 Å². The Morgan fingerprint density at radius 2 is 2.00 bits per heavy atom. The van der Waals surface area contributed by atoms with Gasteiger partial charge in [0.05, 0.1) is 12.4 Å². The molecule has 2 atom stereocenters. The van der Waals surface area contributed by atoms with Crippen LogP contribution in [-0.2, 0) is 0 Å². The lowest BCUT2D eigenvalue weighted by molar-refractivity contribution is -0.0452. The standard InChI is InChI=1S/C9H15N3O/c1-9-4-11-2-7(8(9)10-13)3-12(5-9)6-11/h7,13H,2-6H2,1H3. The number of hydrogen-bond donors (Lipinski definition) is 1. The fraction of sp³-hybridized carbons (Fsp3) is 0.889. The van der Waals surface area contributed by atoms with Crippen LogP contribution in [0.25, 0.3) is 0 Å². The molecule has 0 aromatic carbocycles. The number of hydrogen-bond acceptors (Lipinski definition) is 4.